The lowest BCUT2D eigenvalue weighted by Crippen LogP contribution is -2.45. The summed E-state index contributed by atoms with van der Waals surface area (Å²) in [6.45, 7) is 5.89. The van der Waals surface area contributed by atoms with Gasteiger partial charge in [0, 0.05) is 0 Å². The topological polar surface area (TPSA) is 47.6 Å². The van der Waals surface area contributed by atoms with Crippen molar-refractivity contribution in [2.24, 2.45) is 5.41 Å². The highest BCUT2D eigenvalue weighted by Crippen LogP contribution is 2.66. The van der Waals surface area contributed by atoms with Crippen molar-refractivity contribution in [2.75, 3.05) is 13.2 Å². The minimum atomic E-state index is -2.78. The molecule has 0 heterocycles. The SMILES string of the molecule is CCOP(=S)(OCC)SC(NC(=O)C1(C)CC1(Cl)Cl)C(Cl)(Cl)Cl. The molecule has 1 aliphatic rings. The first-order chi connectivity index (χ1) is 10.3. The first-order valence-corrected chi connectivity index (χ1v) is 12.7. The van der Waals surface area contributed by atoms with Crippen molar-refractivity contribution < 1.29 is 13.8 Å². The maximum atomic E-state index is 12.4. The van der Waals surface area contributed by atoms with Crippen molar-refractivity contribution in [3.05, 3.63) is 0 Å². The van der Waals surface area contributed by atoms with Gasteiger partial charge in [-0.1, -0.05) is 34.8 Å². The van der Waals surface area contributed by atoms with E-state index in [2.05, 4.69) is 5.32 Å². The van der Waals surface area contributed by atoms with E-state index >= 15 is 0 Å². The minimum Gasteiger partial charge on any atom is -0.339 e. The summed E-state index contributed by atoms with van der Waals surface area (Å²) < 4.78 is 8.07. The molecule has 0 bridgehead atoms. The average Bonchev–Trinajstić information content (AvgIpc) is 2.88. The van der Waals surface area contributed by atoms with Crippen LogP contribution in [0.4, 0.5) is 0 Å². The van der Waals surface area contributed by atoms with E-state index in [0.29, 0.717) is 19.6 Å². The Morgan fingerprint density at radius 3 is 2.09 bits per heavy atom. The van der Waals surface area contributed by atoms with Gasteiger partial charge in [-0.15, -0.1) is 23.2 Å². The summed E-state index contributed by atoms with van der Waals surface area (Å²) in [7, 11) is 0. The van der Waals surface area contributed by atoms with Crippen LogP contribution >= 0.6 is 75.1 Å². The summed E-state index contributed by atoms with van der Waals surface area (Å²) in [4.78, 5) is 12.4. The molecule has 12 heteroatoms. The van der Waals surface area contributed by atoms with Crippen LogP contribution in [0.15, 0.2) is 0 Å². The maximum absolute atomic E-state index is 12.4. The predicted octanol–water partition coefficient (Wildman–Crippen LogP) is 5.41. The van der Waals surface area contributed by atoms with Crippen molar-refractivity contribution in [1.29, 1.82) is 0 Å². The van der Waals surface area contributed by atoms with Gasteiger partial charge < -0.3 is 14.4 Å². The lowest BCUT2D eigenvalue weighted by molar-refractivity contribution is -0.125. The fourth-order valence-electron chi connectivity index (χ4n) is 1.64. The Morgan fingerprint density at radius 2 is 1.78 bits per heavy atom. The first-order valence-electron chi connectivity index (χ1n) is 6.64. The molecule has 0 aromatic heterocycles. The number of halogens is 5. The molecule has 4 nitrogen and oxygen atoms in total. The predicted molar refractivity (Wildman–Crippen MR) is 105 cm³/mol. The Morgan fingerprint density at radius 1 is 1.35 bits per heavy atom. The second kappa shape index (κ2) is 8.24. The molecule has 0 aromatic rings. The van der Waals surface area contributed by atoms with Crippen molar-refractivity contribution in [1.82, 2.24) is 5.32 Å². The summed E-state index contributed by atoms with van der Waals surface area (Å²) in [6.07, 6.45) is 0.317. The zero-order chi connectivity index (χ0) is 18.1. The molecule has 1 fully saturated rings. The molecule has 136 valence electrons. The van der Waals surface area contributed by atoms with Gasteiger partial charge in [0.25, 0.3) is 0 Å². The second-order valence-corrected chi connectivity index (χ2v) is 15.2. The number of carbonyl (C=O) groups is 1. The van der Waals surface area contributed by atoms with Gasteiger partial charge in [0.05, 0.1) is 18.6 Å². The zero-order valence-electron chi connectivity index (χ0n) is 12.6. The van der Waals surface area contributed by atoms with Gasteiger partial charge in [0.1, 0.15) is 9.71 Å². The fraction of sp³-hybridized carbons (Fsp3) is 0.909. The minimum absolute atomic E-state index is 0.317. The van der Waals surface area contributed by atoms with Gasteiger partial charge in [0.2, 0.25) is 15.4 Å². The Labute approximate surface area is 170 Å². The molecule has 0 aliphatic heterocycles. The van der Waals surface area contributed by atoms with Crippen LogP contribution in [0.1, 0.15) is 27.2 Å². The van der Waals surface area contributed by atoms with Crippen LogP contribution in [0.2, 0.25) is 0 Å². The standard InChI is InChI=1S/C11H17Cl5NO3PS2/c1-4-19-21(22,20-5-2)23-8(11(14,15)16)17-7(18)9(3)6-10(9,12)13/h8H,4-6H2,1-3H3,(H,17,18). The van der Waals surface area contributed by atoms with E-state index in [1.165, 1.54) is 0 Å². The molecule has 0 aromatic carbocycles. The molecular formula is C11H17Cl5NO3PS2. The Kier molecular flexibility index (Phi) is 8.20. The van der Waals surface area contributed by atoms with E-state index in [-0.39, 0.29) is 0 Å². The lowest BCUT2D eigenvalue weighted by Gasteiger charge is -2.30. The number of alkyl halides is 5. The highest BCUT2D eigenvalue weighted by molar-refractivity contribution is 8.68. The smallest absolute Gasteiger partial charge is 0.249 e. The normalized spacial score (nSPS) is 25.0. The maximum Gasteiger partial charge on any atom is 0.249 e. The third kappa shape index (κ3) is 5.92. The summed E-state index contributed by atoms with van der Waals surface area (Å²) in [6, 6.07) is 0. The number of amides is 1. The van der Waals surface area contributed by atoms with Crippen LogP contribution in [-0.4, -0.2) is 32.6 Å². The zero-order valence-corrected chi connectivity index (χ0v) is 18.9. The van der Waals surface area contributed by atoms with Gasteiger partial charge >= 0.3 is 0 Å². The van der Waals surface area contributed by atoms with Crippen LogP contribution in [0, 0.1) is 5.41 Å². The molecule has 1 amide bonds. The molecule has 23 heavy (non-hydrogen) atoms. The van der Waals surface area contributed by atoms with Crippen LogP contribution in [0.25, 0.3) is 0 Å². The van der Waals surface area contributed by atoms with Crippen molar-refractivity contribution in [2.45, 2.75) is 40.7 Å². The van der Waals surface area contributed by atoms with Crippen LogP contribution in [0.5, 0.6) is 0 Å². The van der Waals surface area contributed by atoms with Gasteiger partial charge in [-0.05, 0) is 50.4 Å². The van der Waals surface area contributed by atoms with E-state index in [9.17, 15) is 4.79 Å². The molecule has 2 atom stereocenters. The first kappa shape index (κ1) is 22.9. The number of hydrogen-bond donors (Lipinski definition) is 1. The van der Waals surface area contributed by atoms with Gasteiger partial charge in [0.15, 0.2) is 0 Å². The second-order valence-electron chi connectivity index (χ2n) is 5.00. The molecule has 2 unspecified atom stereocenters. The van der Waals surface area contributed by atoms with E-state index in [1.807, 2.05) is 0 Å². The number of rotatable bonds is 8. The Hall–Kier alpha value is 1.84. The third-order valence-corrected chi connectivity index (χ3v) is 10.8. The highest BCUT2D eigenvalue weighted by atomic mass is 35.6. The summed E-state index contributed by atoms with van der Waals surface area (Å²) in [5.74, 6) is -0.416. The van der Waals surface area contributed by atoms with E-state index in [1.54, 1.807) is 20.8 Å². The van der Waals surface area contributed by atoms with E-state index in [4.69, 9.17) is 78.9 Å². The monoisotopic (exact) mass is 481 g/mol. The molecule has 1 N–H and O–H groups in total. The van der Waals surface area contributed by atoms with Crippen LogP contribution < -0.4 is 5.32 Å². The summed E-state index contributed by atoms with van der Waals surface area (Å²) in [5, 5.41) is 1.68. The molecule has 1 saturated carbocycles. The van der Waals surface area contributed by atoms with Crippen molar-refractivity contribution in [3.8, 4) is 0 Å². The average molecular weight is 484 g/mol. The van der Waals surface area contributed by atoms with Gasteiger partial charge in [-0.3, -0.25) is 4.79 Å². The van der Waals surface area contributed by atoms with Gasteiger partial charge in [-0.25, -0.2) is 0 Å². The number of nitrogens with one attached hydrogen (secondary N) is 1. The molecule has 1 rings (SSSR count). The van der Waals surface area contributed by atoms with Crippen LogP contribution in [-0.2, 0) is 25.6 Å². The Balaban J connectivity index is 2.90. The van der Waals surface area contributed by atoms with E-state index in [0.717, 1.165) is 11.4 Å². The molecule has 0 radical (unpaired) electrons. The highest BCUT2D eigenvalue weighted by Gasteiger charge is 2.68. The summed E-state index contributed by atoms with van der Waals surface area (Å²) in [5.41, 5.74) is -3.72. The molecule has 1 aliphatic carbocycles. The number of carbonyl (C=O) groups excluding carboxylic acids is 1. The largest absolute Gasteiger partial charge is 0.339 e. The molecule has 0 spiro atoms. The van der Waals surface area contributed by atoms with Gasteiger partial charge in [-0.2, -0.15) is 0 Å². The summed E-state index contributed by atoms with van der Waals surface area (Å²) >= 11 is 36.4. The molecule has 0 saturated heterocycles. The van der Waals surface area contributed by atoms with Crippen LogP contribution in [0.3, 0.4) is 0 Å². The van der Waals surface area contributed by atoms with Crippen molar-refractivity contribution in [3.63, 3.8) is 0 Å². The third-order valence-electron chi connectivity index (χ3n) is 3.13. The molecular weight excluding hydrogens is 466 g/mol. The quantitative estimate of drug-likeness (QED) is 0.284. The fourth-order valence-corrected chi connectivity index (χ4v) is 8.64. The van der Waals surface area contributed by atoms with Crippen molar-refractivity contribution >= 4 is 92.8 Å². The van der Waals surface area contributed by atoms with E-state index < -0.39 is 30.5 Å². The number of hydrogen-bond acceptors (Lipinski definition) is 5. The lowest BCUT2D eigenvalue weighted by atomic mass is 10.1. The Bertz CT molecular complexity index is 495.